The van der Waals surface area contributed by atoms with Crippen LogP contribution in [-0.4, -0.2) is 56.0 Å². The highest BCUT2D eigenvalue weighted by Crippen LogP contribution is 2.25. The van der Waals surface area contributed by atoms with Gasteiger partial charge in [0.2, 0.25) is 5.91 Å². The molecule has 1 amide bonds. The van der Waals surface area contributed by atoms with E-state index in [9.17, 15) is 4.79 Å². The van der Waals surface area contributed by atoms with Gasteiger partial charge in [-0.05, 0) is 25.5 Å². The first-order valence-corrected chi connectivity index (χ1v) is 6.77. The highest BCUT2D eigenvalue weighted by atomic mass is 32.1. The van der Waals surface area contributed by atoms with Gasteiger partial charge in [0.1, 0.15) is 6.04 Å². The van der Waals surface area contributed by atoms with Crippen molar-refractivity contribution in [2.75, 3.05) is 40.3 Å². The minimum absolute atomic E-state index is 0.131. The van der Waals surface area contributed by atoms with Gasteiger partial charge in [0.05, 0.1) is 0 Å². The molecular weight excluding hydrogens is 234 g/mol. The summed E-state index contributed by atoms with van der Waals surface area (Å²) in [6.07, 6.45) is 0. The van der Waals surface area contributed by atoms with Crippen molar-refractivity contribution in [2.45, 2.75) is 6.04 Å². The number of nitrogens with one attached hydrogen (secondary N) is 1. The fourth-order valence-electron chi connectivity index (χ4n) is 2.10. The average molecular weight is 253 g/mol. The second-order valence-electron chi connectivity index (χ2n) is 4.46. The van der Waals surface area contributed by atoms with Crippen LogP contribution in [0, 0.1) is 0 Å². The number of amides is 1. The third-order valence-electron chi connectivity index (χ3n) is 2.99. The third-order valence-corrected chi connectivity index (χ3v) is 3.92. The summed E-state index contributed by atoms with van der Waals surface area (Å²) >= 11 is 1.65. The fraction of sp³-hybridized carbons (Fsp3) is 0.583. The minimum atomic E-state index is -0.131. The minimum Gasteiger partial charge on any atom is -0.338 e. The van der Waals surface area contributed by atoms with Crippen molar-refractivity contribution in [3.8, 4) is 0 Å². The van der Waals surface area contributed by atoms with E-state index in [-0.39, 0.29) is 11.9 Å². The van der Waals surface area contributed by atoms with Gasteiger partial charge in [-0.1, -0.05) is 6.07 Å². The van der Waals surface area contributed by atoms with Crippen LogP contribution in [0.2, 0.25) is 0 Å². The Kier molecular flexibility index (Phi) is 4.15. The topological polar surface area (TPSA) is 35.6 Å². The van der Waals surface area contributed by atoms with Crippen LogP contribution in [0.25, 0.3) is 0 Å². The predicted octanol–water partition coefficient (Wildman–Crippen LogP) is 0.783. The first-order chi connectivity index (χ1) is 8.20. The zero-order chi connectivity index (χ0) is 12.3. The summed E-state index contributed by atoms with van der Waals surface area (Å²) in [4.78, 5) is 17.6. The molecule has 94 valence electrons. The second-order valence-corrected chi connectivity index (χ2v) is 5.44. The SMILES string of the molecule is CN(C)C(C(=O)N1CCNCC1)c1cccs1. The number of carbonyl (C=O) groups is 1. The van der Waals surface area contributed by atoms with Crippen molar-refractivity contribution in [1.29, 1.82) is 0 Å². The van der Waals surface area contributed by atoms with Gasteiger partial charge in [-0.2, -0.15) is 0 Å². The average Bonchev–Trinajstić information content (AvgIpc) is 2.83. The second kappa shape index (κ2) is 5.62. The molecule has 2 heterocycles. The summed E-state index contributed by atoms with van der Waals surface area (Å²) in [5.41, 5.74) is 0. The number of rotatable bonds is 3. The fourth-order valence-corrected chi connectivity index (χ4v) is 3.01. The Labute approximate surface area is 106 Å². The Bertz CT molecular complexity index is 358. The lowest BCUT2D eigenvalue weighted by atomic mass is 10.1. The molecule has 1 N–H and O–H groups in total. The monoisotopic (exact) mass is 253 g/mol. The lowest BCUT2D eigenvalue weighted by molar-refractivity contribution is -0.136. The van der Waals surface area contributed by atoms with E-state index in [2.05, 4.69) is 5.32 Å². The van der Waals surface area contributed by atoms with Gasteiger partial charge < -0.3 is 10.2 Å². The van der Waals surface area contributed by atoms with Crippen LogP contribution in [0.3, 0.4) is 0 Å². The van der Waals surface area contributed by atoms with Gasteiger partial charge >= 0.3 is 0 Å². The van der Waals surface area contributed by atoms with Crippen LogP contribution in [0.5, 0.6) is 0 Å². The zero-order valence-corrected chi connectivity index (χ0v) is 11.2. The molecule has 0 bridgehead atoms. The maximum Gasteiger partial charge on any atom is 0.245 e. The third kappa shape index (κ3) is 2.86. The van der Waals surface area contributed by atoms with Crippen molar-refractivity contribution in [3.05, 3.63) is 22.4 Å². The Morgan fingerprint density at radius 1 is 1.47 bits per heavy atom. The largest absolute Gasteiger partial charge is 0.338 e. The Hall–Kier alpha value is -0.910. The van der Waals surface area contributed by atoms with Crippen molar-refractivity contribution >= 4 is 17.2 Å². The highest BCUT2D eigenvalue weighted by Gasteiger charge is 2.29. The maximum atomic E-state index is 12.5. The van der Waals surface area contributed by atoms with E-state index in [0.717, 1.165) is 31.1 Å². The molecule has 0 spiro atoms. The van der Waals surface area contributed by atoms with Crippen LogP contribution in [-0.2, 0) is 4.79 Å². The number of piperazine rings is 1. The summed E-state index contributed by atoms with van der Waals surface area (Å²) in [7, 11) is 3.93. The molecule has 4 nitrogen and oxygen atoms in total. The van der Waals surface area contributed by atoms with Crippen molar-refractivity contribution in [2.24, 2.45) is 0 Å². The van der Waals surface area contributed by atoms with Gasteiger partial charge in [0, 0.05) is 31.1 Å². The van der Waals surface area contributed by atoms with E-state index < -0.39 is 0 Å². The first-order valence-electron chi connectivity index (χ1n) is 5.89. The molecule has 1 aromatic rings. The normalized spacial score (nSPS) is 18.4. The summed E-state index contributed by atoms with van der Waals surface area (Å²) < 4.78 is 0. The number of hydrogen-bond acceptors (Lipinski definition) is 4. The molecular formula is C12H19N3OS. The summed E-state index contributed by atoms with van der Waals surface area (Å²) in [5, 5.41) is 5.29. The van der Waals surface area contributed by atoms with Crippen molar-refractivity contribution < 1.29 is 4.79 Å². The van der Waals surface area contributed by atoms with E-state index in [4.69, 9.17) is 0 Å². The molecule has 5 heteroatoms. The maximum absolute atomic E-state index is 12.5. The van der Waals surface area contributed by atoms with Gasteiger partial charge in [-0.25, -0.2) is 0 Å². The van der Waals surface area contributed by atoms with E-state index in [0.29, 0.717) is 0 Å². The molecule has 0 saturated carbocycles. The van der Waals surface area contributed by atoms with Crippen LogP contribution in [0.4, 0.5) is 0 Å². The van der Waals surface area contributed by atoms with E-state index in [1.807, 2.05) is 41.4 Å². The molecule has 1 fully saturated rings. The molecule has 2 rings (SSSR count). The highest BCUT2D eigenvalue weighted by molar-refractivity contribution is 7.10. The number of thiophene rings is 1. The summed E-state index contributed by atoms with van der Waals surface area (Å²) in [6, 6.07) is 3.91. The molecule has 1 saturated heterocycles. The quantitative estimate of drug-likeness (QED) is 0.865. The Morgan fingerprint density at radius 3 is 2.71 bits per heavy atom. The molecule has 1 aliphatic rings. The van der Waals surface area contributed by atoms with Crippen LogP contribution in [0.15, 0.2) is 17.5 Å². The Morgan fingerprint density at radius 2 is 2.18 bits per heavy atom. The molecule has 1 aromatic heterocycles. The van der Waals surface area contributed by atoms with Crippen LogP contribution >= 0.6 is 11.3 Å². The number of carbonyl (C=O) groups excluding carboxylic acids is 1. The predicted molar refractivity (Wildman–Crippen MR) is 70.2 cm³/mol. The lowest BCUT2D eigenvalue weighted by Crippen LogP contribution is -2.49. The number of hydrogen-bond donors (Lipinski definition) is 1. The van der Waals surface area contributed by atoms with Crippen LogP contribution in [0.1, 0.15) is 10.9 Å². The molecule has 1 unspecified atom stereocenters. The number of nitrogens with zero attached hydrogens (tertiary/aromatic N) is 2. The van der Waals surface area contributed by atoms with E-state index in [1.165, 1.54) is 0 Å². The molecule has 17 heavy (non-hydrogen) atoms. The van der Waals surface area contributed by atoms with E-state index in [1.54, 1.807) is 11.3 Å². The van der Waals surface area contributed by atoms with Crippen molar-refractivity contribution in [3.63, 3.8) is 0 Å². The van der Waals surface area contributed by atoms with Gasteiger partial charge in [-0.3, -0.25) is 9.69 Å². The van der Waals surface area contributed by atoms with Gasteiger partial charge in [-0.15, -0.1) is 11.3 Å². The molecule has 0 aromatic carbocycles. The van der Waals surface area contributed by atoms with Gasteiger partial charge in [0.15, 0.2) is 0 Å². The standard InChI is InChI=1S/C12H19N3OS/c1-14(2)11(10-4-3-9-17-10)12(16)15-7-5-13-6-8-15/h3-4,9,11,13H,5-8H2,1-2H3. The smallest absolute Gasteiger partial charge is 0.245 e. The summed E-state index contributed by atoms with van der Waals surface area (Å²) in [6.45, 7) is 3.43. The summed E-state index contributed by atoms with van der Waals surface area (Å²) in [5.74, 6) is 0.221. The number of likely N-dealkylation sites (N-methyl/N-ethyl adjacent to an activating group) is 1. The molecule has 0 aliphatic carbocycles. The van der Waals surface area contributed by atoms with Gasteiger partial charge in [0.25, 0.3) is 0 Å². The Balaban J connectivity index is 2.13. The molecule has 1 aliphatic heterocycles. The molecule has 1 atom stereocenters. The van der Waals surface area contributed by atoms with Crippen LogP contribution < -0.4 is 5.32 Å². The lowest BCUT2D eigenvalue weighted by Gasteiger charge is -2.33. The molecule has 0 radical (unpaired) electrons. The first kappa shape index (κ1) is 12.5. The van der Waals surface area contributed by atoms with E-state index >= 15 is 0 Å². The zero-order valence-electron chi connectivity index (χ0n) is 10.3. The van der Waals surface area contributed by atoms with Crippen molar-refractivity contribution in [1.82, 2.24) is 15.1 Å².